The molecule has 88 valence electrons. The lowest BCUT2D eigenvalue weighted by Gasteiger charge is -2.11. The molecule has 0 aliphatic heterocycles. The van der Waals surface area contributed by atoms with E-state index in [1.807, 2.05) is 0 Å². The Bertz CT molecular complexity index is 338. The fourth-order valence-electron chi connectivity index (χ4n) is 1.15. The summed E-state index contributed by atoms with van der Waals surface area (Å²) in [5.41, 5.74) is 0.868. The fraction of sp³-hybridized carbons (Fsp3) is 0.364. The molecule has 1 rings (SSSR count). The maximum Gasteiger partial charge on any atom is 0.170 e. The highest BCUT2D eigenvalue weighted by molar-refractivity contribution is 7.80. The van der Waals surface area contributed by atoms with E-state index in [-0.39, 0.29) is 5.75 Å². The topological polar surface area (TPSA) is 48.7 Å². The number of quaternary nitrogens is 1. The van der Waals surface area contributed by atoms with Gasteiger partial charge in [0.15, 0.2) is 5.11 Å². The molecule has 5 heteroatoms. The summed E-state index contributed by atoms with van der Waals surface area (Å²) < 4.78 is 0. The summed E-state index contributed by atoms with van der Waals surface area (Å²) in [6.45, 7) is 1.85. The van der Waals surface area contributed by atoms with Crippen LogP contribution in [0.25, 0.3) is 0 Å². The van der Waals surface area contributed by atoms with E-state index >= 15 is 0 Å². The van der Waals surface area contributed by atoms with Crippen molar-refractivity contribution in [3.63, 3.8) is 0 Å². The SMILES string of the molecule is C[NH+](C)CCNC(=S)Nc1ccc(O)cc1. The number of thiocarbonyl (C=S) groups is 1. The minimum absolute atomic E-state index is 0.251. The smallest absolute Gasteiger partial charge is 0.170 e. The zero-order valence-corrected chi connectivity index (χ0v) is 10.4. The molecule has 0 heterocycles. The normalized spacial score (nSPS) is 10.2. The van der Waals surface area contributed by atoms with Gasteiger partial charge in [0.25, 0.3) is 0 Å². The van der Waals surface area contributed by atoms with Crippen LogP contribution in [0.4, 0.5) is 5.69 Å². The number of phenols is 1. The molecule has 0 saturated carbocycles. The highest BCUT2D eigenvalue weighted by Crippen LogP contribution is 2.13. The van der Waals surface area contributed by atoms with Crippen LogP contribution in [-0.4, -0.2) is 37.4 Å². The summed E-state index contributed by atoms with van der Waals surface area (Å²) in [6, 6.07) is 6.80. The molecule has 4 N–H and O–H groups in total. The first-order chi connectivity index (χ1) is 7.58. The summed E-state index contributed by atoms with van der Waals surface area (Å²) in [4.78, 5) is 1.37. The summed E-state index contributed by atoms with van der Waals surface area (Å²) >= 11 is 5.13. The third-order valence-electron chi connectivity index (χ3n) is 2.04. The third kappa shape index (κ3) is 4.95. The van der Waals surface area contributed by atoms with Gasteiger partial charge in [-0.1, -0.05) is 0 Å². The number of rotatable bonds is 4. The molecule has 1 aromatic rings. The molecule has 0 amide bonds. The molecule has 16 heavy (non-hydrogen) atoms. The van der Waals surface area contributed by atoms with E-state index in [0.29, 0.717) is 5.11 Å². The Morgan fingerprint density at radius 1 is 1.31 bits per heavy atom. The van der Waals surface area contributed by atoms with Crippen molar-refractivity contribution in [3.8, 4) is 5.75 Å². The Morgan fingerprint density at radius 3 is 2.50 bits per heavy atom. The predicted molar refractivity (Wildman–Crippen MR) is 70.0 cm³/mol. The van der Waals surface area contributed by atoms with Gasteiger partial charge in [-0.2, -0.15) is 0 Å². The van der Waals surface area contributed by atoms with Gasteiger partial charge < -0.3 is 20.6 Å². The first-order valence-corrected chi connectivity index (χ1v) is 5.61. The van der Waals surface area contributed by atoms with Crippen LogP contribution >= 0.6 is 12.2 Å². The quantitative estimate of drug-likeness (QED) is 0.436. The summed E-state index contributed by atoms with van der Waals surface area (Å²) in [5.74, 6) is 0.251. The molecule has 4 nitrogen and oxygen atoms in total. The van der Waals surface area contributed by atoms with Gasteiger partial charge in [0.2, 0.25) is 0 Å². The minimum atomic E-state index is 0.251. The van der Waals surface area contributed by atoms with E-state index in [1.54, 1.807) is 24.3 Å². The zero-order valence-electron chi connectivity index (χ0n) is 9.58. The van der Waals surface area contributed by atoms with E-state index in [9.17, 15) is 0 Å². The molecule has 0 bridgehead atoms. The van der Waals surface area contributed by atoms with Crippen LogP contribution < -0.4 is 15.5 Å². The Morgan fingerprint density at radius 2 is 1.94 bits per heavy atom. The molecule has 0 fully saturated rings. The number of likely N-dealkylation sites (N-methyl/N-ethyl adjacent to an activating group) is 1. The molecule has 0 aliphatic rings. The largest absolute Gasteiger partial charge is 0.508 e. The average Bonchev–Trinajstić information content (AvgIpc) is 2.21. The zero-order chi connectivity index (χ0) is 12.0. The standard InChI is InChI=1S/C11H17N3OS/c1-14(2)8-7-12-11(16)13-9-3-5-10(15)6-4-9/h3-6,15H,7-8H2,1-2H3,(H2,12,13,16)/p+1. The van der Waals surface area contributed by atoms with Crippen molar-refractivity contribution in [2.24, 2.45) is 0 Å². The van der Waals surface area contributed by atoms with Gasteiger partial charge in [-0.3, -0.25) is 0 Å². The predicted octanol–water partition coefficient (Wildman–Crippen LogP) is -0.177. The Hall–Kier alpha value is -1.33. The van der Waals surface area contributed by atoms with Crippen molar-refractivity contribution >= 4 is 23.0 Å². The van der Waals surface area contributed by atoms with Gasteiger partial charge >= 0.3 is 0 Å². The Kier molecular flexibility index (Phi) is 5.01. The summed E-state index contributed by atoms with van der Waals surface area (Å²) in [5, 5.41) is 15.9. The lowest BCUT2D eigenvalue weighted by molar-refractivity contribution is -0.856. The molecule has 0 atom stereocenters. The van der Waals surface area contributed by atoms with Crippen molar-refractivity contribution in [3.05, 3.63) is 24.3 Å². The Balaban J connectivity index is 2.31. The second-order valence-corrected chi connectivity index (χ2v) is 4.29. The van der Waals surface area contributed by atoms with Crippen LogP contribution in [0.15, 0.2) is 24.3 Å². The minimum Gasteiger partial charge on any atom is -0.508 e. The van der Waals surface area contributed by atoms with Gasteiger partial charge in [-0.15, -0.1) is 0 Å². The van der Waals surface area contributed by atoms with Crippen molar-refractivity contribution in [1.29, 1.82) is 0 Å². The fourth-order valence-corrected chi connectivity index (χ4v) is 1.37. The molecule has 0 unspecified atom stereocenters. The van der Waals surface area contributed by atoms with E-state index in [2.05, 4.69) is 24.7 Å². The molecule has 0 saturated heterocycles. The highest BCUT2D eigenvalue weighted by atomic mass is 32.1. The van der Waals surface area contributed by atoms with E-state index in [1.165, 1.54) is 4.90 Å². The summed E-state index contributed by atoms with van der Waals surface area (Å²) in [6.07, 6.45) is 0. The molecule has 0 radical (unpaired) electrons. The number of hydrogen-bond acceptors (Lipinski definition) is 2. The van der Waals surface area contributed by atoms with Crippen LogP contribution in [-0.2, 0) is 0 Å². The van der Waals surface area contributed by atoms with Crippen molar-refractivity contribution in [2.45, 2.75) is 0 Å². The molecule has 0 spiro atoms. The van der Waals surface area contributed by atoms with Crippen LogP contribution in [0.1, 0.15) is 0 Å². The molecule has 1 aromatic carbocycles. The van der Waals surface area contributed by atoms with Crippen LogP contribution in [0.5, 0.6) is 5.75 Å². The Labute approximate surface area is 101 Å². The van der Waals surface area contributed by atoms with Crippen molar-refractivity contribution in [1.82, 2.24) is 5.32 Å². The average molecular weight is 240 g/mol. The van der Waals surface area contributed by atoms with E-state index in [4.69, 9.17) is 17.3 Å². The second kappa shape index (κ2) is 6.30. The number of hydrogen-bond donors (Lipinski definition) is 4. The maximum atomic E-state index is 9.11. The number of phenolic OH excluding ortho intramolecular Hbond substituents is 1. The lowest BCUT2D eigenvalue weighted by Crippen LogP contribution is -3.06. The summed E-state index contributed by atoms with van der Waals surface area (Å²) in [7, 11) is 4.19. The highest BCUT2D eigenvalue weighted by Gasteiger charge is 1.98. The second-order valence-electron chi connectivity index (χ2n) is 3.88. The molecule has 0 aromatic heterocycles. The lowest BCUT2D eigenvalue weighted by atomic mass is 10.3. The van der Waals surface area contributed by atoms with Gasteiger partial charge in [-0.05, 0) is 36.5 Å². The van der Waals surface area contributed by atoms with Crippen LogP contribution in [0.2, 0.25) is 0 Å². The molecular weight excluding hydrogens is 222 g/mol. The maximum absolute atomic E-state index is 9.11. The number of nitrogens with one attached hydrogen (secondary N) is 3. The third-order valence-corrected chi connectivity index (χ3v) is 2.28. The molecular formula is C11H18N3OS+. The van der Waals surface area contributed by atoms with Crippen molar-refractivity contribution < 1.29 is 10.0 Å². The van der Waals surface area contributed by atoms with Gasteiger partial charge in [-0.25, -0.2) is 0 Å². The number of anilines is 1. The monoisotopic (exact) mass is 240 g/mol. The van der Waals surface area contributed by atoms with E-state index < -0.39 is 0 Å². The number of aromatic hydroxyl groups is 1. The molecule has 0 aliphatic carbocycles. The van der Waals surface area contributed by atoms with Gasteiger partial charge in [0.1, 0.15) is 5.75 Å². The van der Waals surface area contributed by atoms with Crippen LogP contribution in [0, 0.1) is 0 Å². The number of benzene rings is 1. The van der Waals surface area contributed by atoms with Crippen LogP contribution in [0.3, 0.4) is 0 Å². The van der Waals surface area contributed by atoms with Crippen molar-refractivity contribution in [2.75, 3.05) is 32.5 Å². The van der Waals surface area contributed by atoms with Gasteiger partial charge in [0, 0.05) is 5.69 Å². The van der Waals surface area contributed by atoms with Gasteiger partial charge in [0.05, 0.1) is 27.2 Å². The first kappa shape index (κ1) is 12.7. The van der Waals surface area contributed by atoms with E-state index in [0.717, 1.165) is 18.8 Å². The first-order valence-electron chi connectivity index (χ1n) is 5.21.